The van der Waals surface area contributed by atoms with Gasteiger partial charge in [-0.25, -0.2) is 0 Å². The summed E-state index contributed by atoms with van der Waals surface area (Å²) in [6, 6.07) is -0.922. The van der Waals surface area contributed by atoms with Gasteiger partial charge in [-0.15, -0.1) is 0 Å². The average Bonchev–Trinajstić information content (AvgIpc) is 3.37. The largest absolute Gasteiger partial charge is 0.394 e. The Balaban J connectivity index is 1.81. The number of aliphatic hydroxyl groups excluding tert-OH is 8. The van der Waals surface area contributed by atoms with Crippen LogP contribution in [-0.2, 0) is 23.7 Å². The smallest absolute Gasteiger partial charge is 0.220 e. The van der Waals surface area contributed by atoms with Crippen LogP contribution >= 0.6 is 0 Å². The van der Waals surface area contributed by atoms with Gasteiger partial charge in [0, 0.05) is 6.42 Å². The summed E-state index contributed by atoms with van der Waals surface area (Å²) in [5, 5.41) is 87.0. The lowest BCUT2D eigenvalue weighted by Gasteiger charge is -2.46. The molecule has 2 aliphatic rings. The van der Waals surface area contributed by atoms with Gasteiger partial charge in [0.1, 0.15) is 48.8 Å². The Bertz CT molecular complexity index is 1380. The molecular weight excluding hydrogens is 907 g/mol. The fraction of sp³-hybridized carbons (Fsp3) is 0.842. The number of nitrogens with one attached hydrogen (secondary N) is 1. The number of allylic oxidation sites excluding steroid dienone is 7. The van der Waals surface area contributed by atoms with Crippen molar-refractivity contribution in [2.45, 2.75) is 286 Å². The van der Waals surface area contributed by atoms with Gasteiger partial charge in [-0.3, -0.25) is 4.79 Å². The van der Waals surface area contributed by atoms with Gasteiger partial charge in [-0.2, -0.15) is 0 Å². The SMILES string of the molecule is CCCCCCC/C=C\C/C=C\C/C=C\CCCCCCCCC(=O)NC(COC1OC(CO)C(OC2OC(CO)C(O)C(O)C2O)C(O)C1O)C(O)/C=C/CCCCCCCCCCCCCCCC. The Morgan fingerprint density at radius 2 is 0.930 bits per heavy atom. The first-order valence-electron chi connectivity index (χ1n) is 28.4. The summed E-state index contributed by atoms with van der Waals surface area (Å²) in [6.07, 6.45) is 35.6. The second kappa shape index (κ2) is 43.2. The van der Waals surface area contributed by atoms with E-state index < -0.39 is 86.8 Å². The fourth-order valence-electron chi connectivity index (χ4n) is 9.12. The van der Waals surface area contributed by atoms with Crippen LogP contribution in [0.2, 0.25) is 0 Å². The molecule has 0 spiro atoms. The first-order chi connectivity index (χ1) is 34.6. The first kappa shape index (κ1) is 65.1. The zero-order valence-corrected chi connectivity index (χ0v) is 44.2. The third kappa shape index (κ3) is 29.6. The molecule has 1 amide bonds. The molecule has 2 fully saturated rings. The quantitative estimate of drug-likeness (QED) is 0.0206. The summed E-state index contributed by atoms with van der Waals surface area (Å²) in [4.78, 5) is 13.2. The number of aliphatic hydroxyl groups is 8. The summed E-state index contributed by atoms with van der Waals surface area (Å²) in [6.45, 7) is 2.77. The van der Waals surface area contributed by atoms with Crippen LogP contribution in [0.1, 0.15) is 213 Å². The highest BCUT2D eigenvalue weighted by Gasteiger charge is 2.51. The highest BCUT2D eigenvalue weighted by Crippen LogP contribution is 2.30. The fourth-order valence-corrected chi connectivity index (χ4v) is 9.12. The van der Waals surface area contributed by atoms with Crippen LogP contribution in [0.4, 0.5) is 0 Å². The molecule has 2 saturated heterocycles. The van der Waals surface area contributed by atoms with E-state index in [9.17, 15) is 45.6 Å². The Morgan fingerprint density at radius 3 is 1.42 bits per heavy atom. The van der Waals surface area contributed by atoms with Crippen molar-refractivity contribution in [2.75, 3.05) is 19.8 Å². The van der Waals surface area contributed by atoms with Crippen LogP contribution in [0.25, 0.3) is 0 Å². The van der Waals surface area contributed by atoms with Gasteiger partial charge in [0.25, 0.3) is 0 Å². The van der Waals surface area contributed by atoms with Crippen LogP contribution in [0.5, 0.6) is 0 Å². The summed E-state index contributed by atoms with van der Waals surface area (Å²) >= 11 is 0. The van der Waals surface area contributed by atoms with Crippen molar-refractivity contribution in [1.29, 1.82) is 0 Å². The number of hydrogen-bond acceptors (Lipinski definition) is 13. The minimum atomic E-state index is -1.79. The molecule has 12 atom stereocenters. The normalized spacial score (nSPS) is 26.1. The van der Waals surface area contributed by atoms with Gasteiger partial charge in [0.2, 0.25) is 5.91 Å². The highest BCUT2D eigenvalue weighted by atomic mass is 16.7. The molecule has 0 aromatic carbocycles. The van der Waals surface area contributed by atoms with Crippen molar-refractivity contribution in [2.24, 2.45) is 0 Å². The average molecular weight is 1010 g/mol. The Labute approximate surface area is 429 Å². The van der Waals surface area contributed by atoms with E-state index in [0.29, 0.717) is 6.42 Å². The van der Waals surface area contributed by atoms with E-state index in [2.05, 4.69) is 55.6 Å². The van der Waals surface area contributed by atoms with E-state index in [1.54, 1.807) is 6.08 Å². The minimum absolute atomic E-state index is 0.252. The maximum absolute atomic E-state index is 13.2. The van der Waals surface area contributed by atoms with Gasteiger partial charge < -0.3 is 65.1 Å². The molecule has 0 bridgehead atoms. The zero-order valence-electron chi connectivity index (χ0n) is 44.2. The van der Waals surface area contributed by atoms with Crippen LogP contribution in [0.3, 0.4) is 0 Å². The summed E-state index contributed by atoms with van der Waals surface area (Å²) in [7, 11) is 0. The molecule has 2 heterocycles. The predicted octanol–water partition coefficient (Wildman–Crippen LogP) is 8.83. The van der Waals surface area contributed by atoms with Gasteiger partial charge in [0.15, 0.2) is 12.6 Å². The van der Waals surface area contributed by atoms with E-state index in [4.69, 9.17) is 18.9 Å². The van der Waals surface area contributed by atoms with Crippen LogP contribution in [-0.4, -0.2) is 140 Å². The van der Waals surface area contributed by atoms with Crippen molar-refractivity contribution in [3.63, 3.8) is 0 Å². The Kier molecular flexibility index (Phi) is 39.6. The highest BCUT2D eigenvalue weighted by molar-refractivity contribution is 5.76. The molecule has 14 nitrogen and oxygen atoms in total. The van der Waals surface area contributed by atoms with Gasteiger partial charge in [-0.1, -0.05) is 197 Å². The van der Waals surface area contributed by atoms with Crippen molar-refractivity contribution < 1.29 is 64.6 Å². The lowest BCUT2D eigenvalue weighted by Crippen LogP contribution is -2.65. The second-order valence-corrected chi connectivity index (χ2v) is 20.1. The standard InChI is InChI=1S/C57H103NO13/c1-3-5-7-9-11-13-15-17-19-21-22-23-24-25-27-29-31-33-35-37-39-41-49(62)58-45(46(61)40-38-36-34-32-30-28-26-20-18-16-14-12-10-8-6-4-2)44-68-56-54(67)52(65)55(48(43-60)70-56)71-57-53(66)51(64)50(63)47(42-59)69-57/h15,17,21-22,24-25,38,40,45-48,50-57,59-61,63-67H,3-14,16,18-20,23,26-37,39,41-44H2,1-2H3,(H,58,62)/b17-15-,22-21-,25-24-,40-38+. The second-order valence-electron chi connectivity index (χ2n) is 20.1. The van der Waals surface area contributed by atoms with E-state index in [-0.39, 0.29) is 18.9 Å². The summed E-state index contributed by atoms with van der Waals surface area (Å²) < 4.78 is 22.7. The lowest BCUT2D eigenvalue weighted by molar-refractivity contribution is -0.359. The van der Waals surface area contributed by atoms with Gasteiger partial charge in [-0.05, 0) is 57.8 Å². The molecule has 14 heteroatoms. The third-order valence-electron chi connectivity index (χ3n) is 13.8. The molecular formula is C57H103NO13. The van der Waals surface area contributed by atoms with E-state index in [0.717, 1.165) is 70.6 Å². The van der Waals surface area contributed by atoms with E-state index in [1.165, 1.54) is 116 Å². The first-order valence-corrected chi connectivity index (χ1v) is 28.4. The maximum Gasteiger partial charge on any atom is 0.220 e. The van der Waals surface area contributed by atoms with E-state index >= 15 is 0 Å². The van der Waals surface area contributed by atoms with Crippen LogP contribution in [0, 0.1) is 0 Å². The van der Waals surface area contributed by atoms with Crippen molar-refractivity contribution >= 4 is 5.91 Å². The molecule has 0 aromatic rings. The number of rotatable bonds is 44. The minimum Gasteiger partial charge on any atom is -0.394 e. The molecule has 0 radical (unpaired) electrons. The van der Waals surface area contributed by atoms with Crippen LogP contribution in [0.15, 0.2) is 48.6 Å². The molecule has 9 N–H and O–H groups in total. The number of amides is 1. The Morgan fingerprint density at radius 1 is 0.507 bits per heavy atom. The molecule has 0 aromatic heterocycles. The number of hydrogen-bond donors (Lipinski definition) is 9. The molecule has 71 heavy (non-hydrogen) atoms. The van der Waals surface area contributed by atoms with Crippen LogP contribution < -0.4 is 5.32 Å². The Hall–Kier alpha value is -2.05. The number of carbonyl (C=O) groups excluding carboxylic acids is 1. The topological polar surface area (TPSA) is 228 Å². The predicted molar refractivity (Wildman–Crippen MR) is 281 cm³/mol. The number of carbonyl (C=O) groups is 1. The molecule has 2 rings (SSSR count). The number of unbranched alkanes of at least 4 members (excludes halogenated alkanes) is 25. The van der Waals surface area contributed by atoms with Gasteiger partial charge in [0.05, 0.1) is 32.0 Å². The van der Waals surface area contributed by atoms with Crippen molar-refractivity contribution in [3.05, 3.63) is 48.6 Å². The summed E-state index contributed by atoms with van der Waals surface area (Å²) in [5.74, 6) is -0.252. The van der Waals surface area contributed by atoms with Crippen molar-refractivity contribution in [3.8, 4) is 0 Å². The molecule has 12 unspecified atom stereocenters. The molecule has 0 aliphatic carbocycles. The lowest BCUT2D eigenvalue weighted by atomic mass is 9.97. The summed E-state index contributed by atoms with van der Waals surface area (Å²) in [5.41, 5.74) is 0. The molecule has 2 aliphatic heterocycles. The zero-order chi connectivity index (χ0) is 51.7. The monoisotopic (exact) mass is 1010 g/mol. The van der Waals surface area contributed by atoms with Gasteiger partial charge >= 0.3 is 0 Å². The van der Waals surface area contributed by atoms with Crippen molar-refractivity contribution in [1.82, 2.24) is 5.32 Å². The number of ether oxygens (including phenoxy) is 4. The van der Waals surface area contributed by atoms with E-state index in [1.807, 2.05) is 6.08 Å². The maximum atomic E-state index is 13.2. The molecule has 414 valence electrons. The molecule has 0 saturated carbocycles. The third-order valence-corrected chi connectivity index (χ3v) is 13.8.